The van der Waals surface area contributed by atoms with Gasteiger partial charge in [0.25, 0.3) is 0 Å². The topological polar surface area (TPSA) is 90.0 Å². The number of aryl methyl sites for hydroxylation is 1. The Morgan fingerprint density at radius 1 is 1.12 bits per heavy atom. The van der Waals surface area contributed by atoms with Gasteiger partial charge in [-0.25, -0.2) is 18.0 Å². The van der Waals surface area contributed by atoms with Crippen LogP contribution >= 0.6 is 0 Å². The van der Waals surface area contributed by atoms with Crippen LogP contribution in [0.5, 0.6) is 0 Å². The minimum Gasteiger partial charge on any atom is -0.457 e. The fourth-order valence-electron chi connectivity index (χ4n) is 2.27. The van der Waals surface area contributed by atoms with Crippen LogP contribution in [-0.4, -0.2) is 50.0 Å². The second-order valence-corrected chi connectivity index (χ2v) is 8.67. The molecule has 146 valence electrons. The van der Waals surface area contributed by atoms with Crippen molar-refractivity contribution in [2.75, 3.05) is 19.7 Å². The number of hydrogen-bond acceptors (Lipinski definition) is 6. The average molecular weight is 385 g/mol. The number of hydrogen-bond donors (Lipinski definition) is 0. The number of sulfonamides is 1. The van der Waals surface area contributed by atoms with E-state index in [9.17, 15) is 18.0 Å². The van der Waals surface area contributed by atoms with Crippen molar-refractivity contribution in [1.82, 2.24) is 4.31 Å². The molecule has 0 radical (unpaired) electrons. The molecule has 0 N–H and O–H groups in total. The normalized spacial score (nSPS) is 12.1. The van der Waals surface area contributed by atoms with Crippen LogP contribution in [0.25, 0.3) is 0 Å². The first-order valence-corrected chi connectivity index (χ1v) is 9.86. The molecule has 1 aromatic rings. The Bertz CT molecular complexity index is 760. The Morgan fingerprint density at radius 3 is 2.19 bits per heavy atom. The lowest BCUT2D eigenvalue weighted by Gasteiger charge is -2.20. The fraction of sp³-hybridized carbons (Fsp3) is 0.556. The van der Waals surface area contributed by atoms with E-state index in [0.717, 1.165) is 0 Å². The van der Waals surface area contributed by atoms with Crippen molar-refractivity contribution in [2.45, 2.75) is 52.0 Å². The predicted octanol–water partition coefficient (Wildman–Crippen LogP) is 2.52. The number of nitrogens with zero attached hydrogens (tertiary/aromatic N) is 1. The van der Waals surface area contributed by atoms with Gasteiger partial charge in [0, 0.05) is 13.1 Å². The smallest absolute Gasteiger partial charge is 0.344 e. The monoisotopic (exact) mass is 385 g/mol. The van der Waals surface area contributed by atoms with E-state index in [1.165, 1.54) is 16.4 Å². The Hall–Kier alpha value is -1.93. The van der Waals surface area contributed by atoms with Crippen molar-refractivity contribution in [2.24, 2.45) is 0 Å². The Balaban J connectivity index is 3.00. The van der Waals surface area contributed by atoms with Crippen LogP contribution < -0.4 is 0 Å². The summed E-state index contributed by atoms with van der Waals surface area (Å²) in [5, 5.41) is 0. The summed E-state index contributed by atoms with van der Waals surface area (Å²) in [6.07, 6.45) is 0. The average Bonchev–Trinajstić information content (AvgIpc) is 2.52. The highest BCUT2D eigenvalue weighted by Gasteiger charge is 2.24. The van der Waals surface area contributed by atoms with Gasteiger partial charge in [-0.15, -0.1) is 0 Å². The zero-order chi connectivity index (χ0) is 20.1. The van der Waals surface area contributed by atoms with Crippen LogP contribution in [0.4, 0.5) is 0 Å². The van der Waals surface area contributed by atoms with Gasteiger partial charge in [-0.3, -0.25) is 0 Å². The van der Waals surface area contributed by atoms with Gasteiger partial charge in [0.15, 0.2) is 6.61 Å². The molecule has 0 saturated carbocycles. The van der Waals surface area contributed by atoms with Crippen molar-refractivity contribution >= 4 is 22.0 Å². The van der Waals surface area contributed by atoms with Gasteiger partial charge in [-0.2, -0.15) is 4.31 Å². The van der Waals surface area contributed by atoms with Gasteiger partial charge < -0.3 is 9.47 Å². The van der Waals surface area contributed by atoms with Crippen molar-refractivity contribution in [3.8, 4) is 0 Å². The molecule has 8 heteroatoms. The maximum atomic E-state index is 12.6. The molecule has 0 aliphatic carbocycles. The van der Waals surface area contributed by atoms with Gasteiger partial charge in [0.05, 0.1) is 10.5 Å². The van der Waals surface area contributed by atoms with Gasteiger partial charge in [-0.1, -0.05) is 19.9 Å². The summed E-state index contributed by atoms with van der Waals surface area (Å²) in [6.45, 7) is 10.4. The predicted molar refractivity (Wildman–Crippen MR) is 97.4 cm³/mol. The van der Waals surface area contributed by atoms with E-state index in [0.29, 0.717) is 18.7 Å². The maximum Gasteiger partial charge on any atom is 0.344 e. The quantitative estimate of drug-likeness (QED) is 0.670. The molecular formula is C18H27NO6S. The first-order valence-electron chi connectivity index (χ1n) is 8.42. The first kappa shape index (κ1) is 22.1. The lowest BCUT2D eigenvalue weighted by atomic mass is 10.1. The van der Waals surface area contributed by atoms with E-state index in [-0.39, 0.29) is 10.5 Å². The summed E-state index contributed by atoms with van der Waals surface area (Å²) in [5.74, 6) is -1.44. The minimum absolute atomic E-state index is 0.0102. The molecule has 0 aliphatic heterocycles. The summed E-state index contributed by atoms with van der Waals surface area (Å²) >= 11 is 0. The summed E-state index contributed by atoms with van der Waals surface area (Å²) in [4.78, 5) is 24.0. The third-order valence-corrected chi connectivity index (χ3v) is 5.56. The lowest BCUT2D eigenvalue weighted by molar-refractivity contribution is -0.158. The van der Waals surface area contributed by atoms with E-state index < -0.39 is 34.2 Å². The highest BCUT2D eigenvalue weighted by molar-refractivity contribution is 7.89. The molecule has 7 nitrogen and oxygen atoms in total. The molecule has 1 rings (SSSR count). The van der Waals surface area contributed by atoms with Gasteiger partial charge in [0.1, 0.15) is 5.60 Å². The highest BCUT2D eigenvalue weighted by atomic mass is 32.2. The number of rotatable bonds is 7. The SMILES string of the molecule is CCN(CC)S(=O)(=O)c1ccc(C)c(C(=O)OCC(=O)OC(C)(C)C)c1. The molecule has 0 unspecified atom stereocenters. The summed E-state index contributed by atoms with van der Waals surface area (Å²) in [6, 6.07) is 4.27. The fourth-order valence-corrected chi connectivity index (χ4v) is 3.75. The maximum absolute atomic E-state index is 12.6. The van der Waals surface area contributed by atoms with E-state index in [1.54, 1.807) is 47.6 Å². The second-order valence-electron chi connectivity index (χ2n) is 6.73. The first-order chi connectivity index (χ1) is 11.9. The second kappa shape index (κ2) is 8.64. The number of carbonyl (C=O) groups excluding carboxylic acids is 2. The van der Waals surface area contributed by atoms with Crippen LogP contribution in [0.15, 0.2) is 23.1 Å². The third kappa shape index (κ3) is 5.81. The van der Waals surface area contributed by atoms with Crippen LogP contribution in [0, 0.1) is 6.92 Å². The number of ether oxygens (including phenoxy) is 2. The number of benzene rings is 1. The van der Waals surface area contributed by atoms with Crippen molar-refractivity contribution in [3.63, 3.8) is 0 Å². The van der Waals surface area contributed by atoms with E-state index in [2.05, 4.69) is 0 Å². The van der Waals surface area contributed by atoms with Crippen molar-refractivity contribution < 1.29 is 27.5 Å². The number of carbonyl (C=O) groups is 2. The lowest BCUT2D eigenvalue weighted by Crippen LogP contribution is -2.31. The van der Waals surface area contributed by atoms with Gasteiger partial charge >= 0.3 is 11.9 Å². The molecule has 0 aromatic heterocycles. The van der Waals surface area contributed by atoms with E-state index in [1.807, 2.05) is 0 Å². The molecule has 0 heterocycles. The molecule has 0 amide bonds. The van der Waals surface area contributed by atoms with Gasteiger partial charge in [-0.05, 0) is 45.4 Å². The highest BCUT2D eigenvalue weighted by Crippen LogP contribution is 2.20. The van der Waals surface area contributed by atoms with E-state index in [4.69, 9.17) is 9.47 Å². The van der Waals surface area contributed by atoms with Crippen molar-refractivity contribution in [3.05, 3.63) is 29.3 Å². The molecular weight excluding hydrogens is 358 g/mol. The van der Waals surface area contributed by atoms with Crippen LogP contribution in [0.3, 0.4) is 0 Å². The molecule has 0 fully saturated rings. The van der Waals surface area contributed by atoms with Gasteiger partial charge in [0.2, 0.25) is 10.0 Å². The molecule has 1 aromatic carbocycles. The van der Waals surface area contributed by atoms with Crippen LogP contribution in [0.1, 0.15) is 50.5 Å². The molecule has 0 saturated heterocycles. The third-order valence-electron chi connectivity index (χ3n) is 3.51. The summed E-state index contributed by atoms with van der Waals surface area (Å²) in [5.41, 5.74) is -0.0311. The molecule has 0 atom stereocenters. The minimum atomic E-state index is -3.70. The molecule has 26 heavy (non-hydrogen) atoms. The summed E-state index contributed by atoms with van der Waals surface area (Å²) in [7, 11) is -3.70. The molecule has 0 aliphatic rings. The van der Waals surface area contributed by atoms with Crippen molar-refractivity contribution in [1.29, 1.82) is 0 Å². The summed E-state index contributed by atoms with van der Waals surface area (Å²) < 4.78 is 36.6. The zero-order valence-corrected chi connectivity index (χ0v) is 17.0. The Morgan fingerprint density at radius 2 is 1.69 bits per heavy atom. The Kier molecular flexibility index (Phi) is 7.35. The zero-order valence-electron chi connectivity index (χ0n) is 16.2. The van der Waals surface area contributed by atoms with E-state index >= 15 is 0 Å². The van der Waals surface area contributed by atoms with Crippen LogP contribution in [0.2, 0.25) is 0 Å². The standard InChI is InChI=1S/C18H27NO6S/c1-7-19(8-2)26(22,23)14-10-9-13(3)15(11-14)17(21)24-12-16(20)25-18(4,5)6/h9-11H,7-8,12H2,1-6H3. The number of esters is 2. The van der Waals surface area contributed by atoms with Crippen LogP contribution in [-0.2, 0) is 24.3 Å². The molecule has 0 bridgehead atoms. The Labute approximate surface area is 155 Å². The largest absolute Gasteiger partial charge is 0.457 e. The molecule has 0 spiro atoms.